The average molecular weight is 531 g/mol. The molecule has 0 aliphatic rings. The quantitative estimate of drug-likeness (QED) is 0.158. The van der Waals surface area contributed by atoms with Gasteiger partial charge in [0.1, 0.15) is 5.76 Å². The fourth-order valence-electron chi connectivity index (χ4n) is 3.20. The van der Waals surface area contributed by atoms with Crippen molar-refractivity contribution < 1.29 is 9.21 Å². The Morgan fingerprint density at radius 2 is 1.75 bits per heavy atom. The maximum absolute atomic E-state index is 12.5. The predicted octanol–water partition coefficient (Wildman–Crippen LogP) is 7.72. The number of rotatable bonds is 8. The highest BCUT2D eigenvalue weighted by Gasteiger charge is 2.09. The maximum Gasteiger partial charge on any atom is 0.271 e. The minimum Gasteiger partial charge on any atom is -0.448 e. The third-order valence-corrected chi connectivity index (χ3v) is 6.90. The third-order valence-electron chi connectivity index (χ3n) is 4.96. The Morgan fingerprint density at radius 3 is 2.53 bits per heavy atom. The van der Waals surface area contributed by atoms with Crippen LogP contribution in [0.3, 0.4) is 0 Å². The van der Waals surface area contributed by atoms with Crippen LogP contribution in [0.25, 0.3) is 11.3 Å². The van der Waals surface area contributed by atoms with Crippen molar-refractivity contribution in [3.05, 3.63) is 113 Å². The van der Waals surface area contributed by atoms with Gasteiger partial charge in [-0.2, -0.15) is 5.10 Å². The summed E-state index contributed by atoms with van der Waals surface area (Å²) in [6.07, 6.45) is 1.48. The highest BCUT2D eigenvalue weighted by Crippen LogP contribution is 2.29. The first kappa shape index (κ1) is 23.9. The van der Waals surface area contributed by atoms with Gasteiger partial charge in [-0.05, 0) is 60.7 Å². The van der Waals surface area contributed by atoms with Crippen molar-refractivity contribution in [3.63, 3.8) is 0 Å². The Hall–Kier alpha value is -3.85. The van der Waals surface area contributed by atoms with E-state index < -0.39 is 0 Å². The number of halogens is 1. The number of anilines is 2. The number of benzene rings is 3. The summed E-state index contributed by atoms with van der Waals surface area (Å²) in [5.74, 6) is 0.238. The van der Waals surface area contributed by atoms with E-state index in [2.05, 4.69) is 20.8 Å². The van der Waals surface area contributed by atoms with Gasteiger partial charge in [0.05, 0.1) is 11.9 Å². The average Bonchev–Trinajstić information content (AvgIpc) is 3.56. The van der Waals surface area contributed by atoms with E-state index in [4.69, 9.17) is 16.0 Å². The van der Waals surface area contributed by atoms with E-state index >= 15 is 0 Å². The summed E-state index contributed by atoms with van der Waals surface area (Å²) in [5, 5.41) is 11.4. The van der Waals surface area contributed by atoms with Crippen molar-refractivity contribution in [2.24, 2.45) is 5.10 Å². The molecule has 9 heteroatoms. The fraction of sp³-hybridized carbons (Fsp3) is 0. The molecule has 1 amide bonds. The van der Waals surface area contributed by atoms with Gasteiger partial charge in [0.2, 0.25) is 0 Å². The number of nitrogens with one attached hydrogen (secondary N) is 2. The molecule has 36 heavy (non-hydrogen) atoms. The van der Waals surface area contributed by atoms with Crippen LogP contribution in [0, 0.1) is 0 Å². The number of carbonyl (C=O) groups is 1. The molecule has 0 bridgehead atoms. The normalized spacial score (nSPS) is 11.0. The lowest BCUT2D eigenvalue weighted by Gasteiger charge is -2.03. The van der Waals surface area contributed by atoms with Gasteiger partial charge in [-0.3, -0.25) is 4.79 Å². The van der Waals surface area contributed by atoms with Gasteiger partial charge in [0.15, 0.2) is 10.2 Å². The molecular weight excluding hydrogens is 512 g/mol. The molecule has 0 aliphatic carbocycles. The zero-order valence-electron chi connectivity index (χ0n) is 18.7. The van der Waals surface area contributed by atoms with E-state index in [1.807, 2.05) is 78.2 Å². The SMILES string of the molecule is O=C(N/N=C\c1ccc(Sc2ccccc2)o1)c1ccc(-c2csc(Nc3ccc(Cl)cc3)n2)cc1. The van der Waals surface area contributed by atoms with E-state index in [-0.39, 0.29) is 5.91 Å². The lowest BCUT2D eigenvalue weighted by Crippen LogP contribution is -2.17. The van der Waals surface area contributed by atoms with Crippen molar-refractivity contribution in [2.75, 3.05) is 5.32 Å². The molecule has 2 heterocycles. The van der Waals surface area contributed by atoms with Gasteiger partial charge in [0.25, 0.3) is 5.91 Å². The minimum atomic E-state index is -0.313. The molecule has 0 unspecified atom stereocenters. The van der Waals surface area contributed by atoms with Crippen molar-refractivity contribution >= 4 is 57.6 Å². The van der Waals surface area contributed by atoms with Crippen LogP contribution in [-0.4, -0.2) is 17.1 Å². The van der Waals surface area contributed by atoms with Crippen LogP contribution < -0.4 is 10.7 Å². The van der Waals surface area contributed by atoms with Crippen LogP contribution in [0.4, 0.5) is 10.8 Å². The topological polar surface area (TPSA) is 79.5 Å². The monoisotopic (exact) mass is 530 g/mol. The lowest BCUT2D eigenvalue weighted by atomic mass is 10.1. The maximum atomic E-state index is 12.5. The standard InChI is InChI=1S/C27H19ClN4O2S2/c28-20-10-12-21(13-11-20)30-27-31-24(17-35-27)18-6-8-19(9-7-18)26(33)32-29-16-22-14-15-25(34-22)36-23-4-2-1-3-5-23/h1-17H,(H,30,31)(H,32,33)/b29-16-. The second-order valence-electron chi connectivity index (χ2n) is 7.52. The Labute approximate surface area is 221 Å². The summed E-state index contributed by atoms with van der Waals surface area (Å²) in [6.45, 7) is 0. The van der Waals surface area contributed by atoms with E-state index in [1.165, 1.54) is 29.3 Å². The van der Waals surface area contributed by atoms with Crippen molar-refractivity contribution in [2.45, 2.75) is 9.99 Å². The fourth-order valence-corrected chi connectivity index (χ4v) is 4.86. The third kappa shape index (κ3) is 6.23. The molecular formula is C27H19ClN4O2S2. The number of aromatic nitrogens is 1. The number of hydrazone groups is 1. The molecule has 0 aliphatic heterocycles. The van der Waals surface area contributed by atoms with Crippen LogP contribution in [0.15, 0.2) is 116 Å². The second-order valence-corrected chi connectivity index (χ2v) is 9.89. The first-order chi connectivity index (χ1) is 17.6. The van der Waals surface area contributed by atoms with E-state index in [1.54, 1.807) is 18.2 Å². The number of nitrogens with zero attached hydrogens (tertiary/aromatic N) is 2. The molecule has 0 spiro atoms. The van der Waals surface area contributed by atoms with Crippen LogP contribution in [-0.2, 0) is 0 Å². The summed E-state index contributed by atoms with van der Waals surface area (Å²) in [6, 6.07) is 28.3. The number of hydrogen-bond donors (Lipinski definition) is 2. The van der Waals surface area contributed by atoms with Crippen molar-refractivity contribution in [3.8, 4) is 11.3 Å². The molecule has 5 rings (SSSR count). The summed E-state index contributed by atoms with van der Waals surface area (Å²) >= 11 is 8.95. The number of amides is 1. The molecule has 178 valence electrons. The summed E-state index contributed by atoms with van der Waals surface area (Å²) in [4.78, 5) is 18.2. The van der Waals surface area contributed by atoms with Gasteiger partial charge in [0, 0.05) is 32.1 Å². The summed E-state index contributed by atoms with van der Waals surface area (Å²) < 4.78 is 5.73. The molecule has 3 aromatic carbocycles. The highest BCUT2D eigenvalue weighted by atomic mass is 35.5. The predicted molar refractivity (Wildman–Crippen MR) is 147 cm³/mol. The number of furan rings is 1. The molecule has 0 radical (unpaired) electrons. The Morgan fingerprint density at radius 1 is 0.972 bits per heavy atom. The minimum absolute atomic E-state index is 0.313. The van der Waals surface area contributed by atoms with Gasteiger partial charge in [-0.1, -0.05) is 53.7 Å². The van der Waals surface area contributed by atoms with E-state index in [0.717, 1.165) is 32.1 Å². The first-order valence-corrected chi connectivity index (χ1v) is 12.9. The first-order valence-electron chi connectivity index (χ1n) is 10.9. The van der Waals surface area contributed by atoms with E-state index in [0.29, 0.717) is 16.3 Å². The highest BCUT2D eigenvalue weighted by molar-refractivity contribution is 7.99. The van der Waals surface area contributed by atoms with E-state index in [9.17, 15) is 4.79 Å². The second kappa shape index (κ2) is 11.3. The number of carbonyl (C=O) groups excluding carboxylic acids is 1. The van der Waals surface area contributed by atoms with Crippen LogP contribution in [0.1, 0.15) is 16.1 Å². The Balaban J connectivity index is 1.15. The van der Waals surface area contributed by atoms with Gasteiger partial charge in [-0.15, -0.1) is 11.3 Å². The largest absolute Gasteiger partial charge is 0.448 e. The zero-order chi connectivity index (χ0) is 24.7. The molecule has 0 fully saturated rings. The molecule has 0 atom stereocenters. The van der Waals surface area contributed by atoms with Gasteiger partial charge < -0.3 is 9.73 Å². The lowest BCUT2D eigenvalue weighted by molar-refractivity contribution is 0.0955. The smallest absolute Gasteiger partial charge is 0.271 e. The Bertz CT molecular complexity index is 1480. The van der Waals surface area contributed by atoms with Crippen LogP contribution in [0.2, 0.25) is 5.02 Å². The molecule has 2 N–H and O–H groups in total. The molecule has 5 aromatic rings. The zero-order valence-corrected chi connectivity index (χ0v) is 21.1. The number of thiazole rings is 1. The van der Waals surface area contributed by atoms with Crippen molar-refractivity contribution in [1.29, 1.82) is 0 Å². The molecule has 6 nitrogen and oxygen atoms in total. The van der Waals surface area contributed by atoms with Gasteiger partial charge in [-0.25, -0.2) is 10.4 Å². The molecule has 0 saturated heterocycles. The van der Waals surface area contributed by atoms with Crippen LogP contribution >= 0.6 is 34.7 Å². The summed E-state index contributed by atoms with van der Waals surface area (Å²) in [5.41, 5.74) is 5.67. The summed E-state index contributed by atoms with van der Waals surface area (Å²) in [7, 11) is 0. The number of hydrogen-bond acceptors (Lipinski definition) is 7. The molecule has 2 aromatic heterocycles. The van der Waals surface area contributed by atoms with Crippen LogP contribution in [0.5, 0.6) is 0 Å². The van der Waals surface area contributed by atoms with Gasteiger partial charge >= 0.3 is 0 Å². The Kier molecular flexibility index (Phi) is 7.47. The van der Waals surface area contributed by atoms with Crippen molar-refractivity contribution in [1.82, 2.24) is 10.4 Å². The molecule has 0 saturated carbocycles.